The number of imidazole rings is 1. The number of hydrogen-bond acceptors (Lipinski definition) is 4. The van der Waals surface area contributed by atoms with Gasteiger partial charge in [-0.05, 0) is 30.7 Å². The van der Waals surface area contributed by atoms with Gasteiger partial charge in [0.25, 0.3) is 11.8 Å². The van der Waals surface area contributed by atoms with Gasteiger partial charge in [-0.2, -0.15) is 0 Å². The van der Waals surface area contributed by atoms with Crippen LogP contribution in [0.1, 0.15) is 45.1 Å². The van der Waals surface area contributed by atoms with Crippen molar-refractivity contribution in [3.8, 4) is 11.4 Å². The number of thiophene rings is 1. The van der Waals surface area contributed by atoms with Gasteiger partial charge in [-0.1, -0.05) is 42.8 Å². The van der Waals surface area contributed by atoms with Crippen molar-refractivity contribution in [3.05, 3.63) is 64.1 Å². The molecule has 0 spiro atoms. The lowest BCUT2D eigenvalue weighted by Crippen LogP contribution is -2.41. The molecule has 0 unspecified atom stereocenters. The van der Waals surface area contributed by atoms with E-state index in [0.717, 1.165) is 49.3 Å². The molecule has 0 bridgehead atoms. The lowest BCUT2D eigenvalue weighted by atomic mass is 10.1. The lowest BCUT2D eigenvalue weighted by molar-refractivity contribution is 0.0845. The van der Waals surface area contributed by atoms with Gasteiger partial charge in [-0.25, -0.2) is 4.98 Å². The van der Waals surface area contributed by atoms with E-state index in [9.17, 15) is 9.59 Å². The first-order valence-electron chi connectivity index (χ1n) is 9.03. The molecule has 0 radical (unpaired) electrons. The normalized spacial score (nSPS) is 13.5. The fourth-order valence-corrected chi connectivity index (χ4v) is 3.97. The number of hydrogen-bond donors (Lipinski definition) is 2. The summed E-state index contributed by atoms with van der Waals surface area (Å²) in [5.41, 5.74) is 7.31. The highest BCUT2D eigenvalue weighted by Crippen LogP contribution is 2.27. The molecule has 3 heterocycles. The van der Waals surface area contributed by atoms with E-state index in [1.54, 1.807) is 12.1 Å². The molecule has 2 N–H and O–H groups in total. The highest BCUT2D eigenvalue weighted by atomic mass is 32.1. The van der Waals surface area contributed by atoms with Gasteiger partial charge in [-0.15, -0.1) is 11.3 Å². The zero-order chi connectivity index (χ0) is 18.6. The number of amides is 2. The SMILES string of the molecule is O=C(NNC(=O)c1nc(-c2ccccc2)n2c1CCCCC2)c1cccs1. The van der Waals surface area contributed by atoms with Crippen molar-refractivity contribution >= 4 is 23.2 Å². The van der Waals surface area contributed by atoms with Gasteiger partial charge in [0, 0.05) is 12.1 Å². The summed E-state index contributed by atoms with van der Waals surface area (Å²) in [7, 11) is 0. The molecular weight excluding hydrogens is 360 g/mol. The molecule has 0 saturated heterocycles. The molecule has 4 rings (SSSR count). The molecule has 6 nitrogen and oxygen atoms in total. The molecule has 7 heteroatoms. The van der Waals surface area contributed by atoms with Crippen LogP contribution in [0.4, 0.5) is 0 Å². The summed E-state index contributed by atoms with van der Waals surface area (Å²) in [6.07, 6.45) is 4.04. The number of rotatable bonds is 3. The number of aromatic nitrogens is 2. The average Bonchev–Trinajstić information content (AvgIpc) is 3.30. The van der Waals surface area contributed by atoms with Crippen LogP contribution in [0.2, 0.25) is 0 Å². The zero-order valence-corrected chi connectivity index (χ0v) is 15.6. The molecule has 2 amide bonds. The molecule has 1 aliphatic heterocycles. The smallest absolute Gasteiger partial charge is 0.290 e. The van der Waals surface area contributed by atoms with Crippen molar-refractivity contribution in [3.63, 3.8) is 0 Å². The van der Waals surface area contributed by atoms with Crippen LogP contribution < -0.4 is 10.9 Å². The minimum absolute atomic E-state index is 0.327. The van der Waals surface area contributed by atoms with Gasteiger partial charge >= 0.3 is 0 Å². The second-order valence-corrected chi connectivity index (χ2v) is 7.39. The molecular formula is C20H20N4O2S. The number of benzene rings is 1. The van der Waals surface area contributed by atoms with E-state index in [4.69, 9.17) is 0 Å². The average molecular weight is 380 g/mol. The molecule has 1 aromatic carbocycles. The standard InChI is InChI=1S/C20H20N4O2S/c25-19(16-11-7-13-27-16)22-23-20(26)17-15-10-5-2-6-12-24(15)18(21-17)14-8-3-1-4-9-14/h1,3-4,7-9,11,13H,2,5-6,10,12H2,(H,22,25)(H,23,26). The Morgan fingerprint density at radius 1 is 0.963 bits per heavy atom. The van der Waals surface area contributed by atoms with Crippen LogP contribution in [0.15, 0.2) is 47.8 Å². The fraction of sp³-hybridized carbons (Fsp3) is 0.250. The van der Waals surface area contributed by atoms with Crippen LogP contribution in [0.5, 0.6) is 0 Å². The van der Waals surface area contributed by atoms with E-state index < -0.39 is 0 Å². The Labute approximate surface area is 161 Å². The molecule has 0 saturated carbocycles. The maximum Gasteiger partial charge on any atom is 0.290 e. The molecule has 2 aromatic heterocycles. The summed E-state index contributed by atoms with van der Waals surface area (Å²) in [5.74, 6) is 0.0990. The predicted octanol–water partition coefficient (Wildman–Crippen LogP) is 3.41. The Kier molecular flexibility index (Phi) is 5.02. The number of carbonyl (C=O) groups excluding carboxylic acids is 2. The molecule has 3 aromatic rings. The van der Waals surface area contributed by atoms with Crippen molar-refractivity contribution in [1.29, 1.82) is 0 Å². The van der Waals surface area contributed by atoms with Gasteiger partial charge in [0.1, 0.15) is 5.82 Å². The first-order valence-corrected chi connectivity index (χ1v) is 9.91. The van der Waals surface area contributed by atoms with E-state index in [1.807, 2.05) is 35.7 Å². The maximum atomic E-state index is 12.7. The Bertz CT molecular complexity index is 948. The monoisotopic (exact) mass is 380 g/mol. The van der Waals surface area contributed by atoms with Crippen molar-refractivity contribution in [2.75, 3.05) is 0 Å². The zero-order valence-electron chi connectivity index (χ0n) is 14.8. The number of carbonyl (C=O) groups is 2. The van der Waals surface area contributed by atoms with Crippen LogP contribution in [0, 0.1) is 0 Å². The van der Waals surface area contributed by atoms with Crippen LogP contribution >= 0.6 is 11.3 Å². The third kappa shape index (κ3) is 3.64. The van der Waals surface area contributed by atoms with Crippen LogP contribution in [0.3, 0.4) is 0 Å². The number of hydrazine groups is 1. The largest absolute Gasteiger partial charge is 0.327 e. The molecule has 138 valence electrons. The molecule has 0 atom stereocenters. The molecule has 0 aliphatic carbocycles. The topological polar surface area (TPSA) is 76.0 Å². The van der Waals surface area contributed by atoms with E-state index in [0.29, 0.717) is 10.6 Å². The van der Waals surface area contributed by atoms with Crippen LogP contribution in [-0.4, -0.2) is 21.4 Å². The van der Waals surface area contributed by atoms with Gasteiger partial charge in [0.15, 0.2) is 5.69 Å². The van der Waals surface area contributed by atoms with Crippen molar-refractivity contribution in [2.24, 2.45) is 0 Å². The molecule has 1 aliphatic rings. The summed E-state index contributed by atoms with van der Waals surface area (Å²) >= 11 is 1.32. The summed E-state index contributed by atoms with van der Waals surface area (Å²) in [4.78, 5) is 30.0. The Morgan fingerprint density at radius 3 is 2.56 bits per heavy atom. The summed E-state index contributed by atoms with van der Waals surface area (Å²) < 4.78 is 2.15. The minimum Gasteiger partial charge on any atom is -0.327 e. The van der Waals surface area contributed by atoms with E-state index in [2.05, 4.69) is 20.4 Å². The van der Waals surface area contributed by atoms with Gasteiger partial charge in [0.05, 0.1) is 10.6 Å². The Hall–Kier alpha value is -2.93. The highest BCUT2D eigenvalue weighted by Gasteiger charge is 2.24. The Balaban J connectivity index is 1.61. The molecule has 0 fully saturated rings. The van der Waals surface area contributed by atoms with Gasteiger partial charge < -0.3 is 4.57 Å². The number of nitrogens with one attached hydrogen (secondary N) is 2. The molecule has 27 heavy (non-hydrogen) atoms. The number of nitrogens with zero attached hydrogens (tertiary/aromatic N) is 2. The lowest BCUT2D eigenvalue weighted by Gasteiger charge is -2.09. The van der Waals surface area contributed by atoms with Crippen molar-refractivity contribution in [2.45, 2.75) is 32.2 Å². The maximum absolute atomic E-state index is 12.7. The summed E-state index contributed by atoms with van der Waals surface area (Å²) in [5, 5.41) is 1.82. The van der Waals surface area contributed by atoms with Crippen LogP contribution in [0.25, 0.3) is 11.4 Å². The summed E-state index contributed by atoms with van der Waals surface area (Å²) in [6.45, 7) is 0.849. The second-order valence-electron chi connectivity index (χ2n) is 6.44. The summed E-state index contributed by atoms with van der Waals surface area (Å²) in [6, 6.07) is 13.4. The minimum atomic E-state index is -0.382. The van der Waals surface area contributed by atoms with Gasteiger partial charge in [0.2, 0.25) is 0 Å². The van der Waals surface area contributed by atoms with Crippen molar-refractivity contribution < 1.29 is 9.59 Å². The first kappa shape index (κ1) is 17.5. The first-order chi connectivity index (χ1) is 13.2. The third-order valence-electron chi connectivity index (χ3n) is 4.65. The number of fused-ring (bicyclic) bond motifs is 1. The van der Waals surface area contributed by atoms with Crippen molar-refractivity contribution in [1.82, 2.24) is 20.4 Å². The third-order valence-corrected chi connectivity index (χ3v) is 5.52. The Morgan fingerprint density at radius 2 is 1.78 bits per heavy atom. The van der Waals surface area contributed by atoms with Crippen LogP contribution in [-0.2, 0) is 13.0 Å². The van der Waals surface area contributed by atoms with E-state index >= 15 is 0 Å². The van der Waals surface area contributed by atoms with E-state index in [1.165, 1.54) is 11.3 Å². The van der Waals surface area contributed by atoms with Gasteiger partial charge in [-0.3, -0.25) is 20.4 Å². The fourth-order valence-electron chi connectivity index (χ4n) is 3.35. The quantitative estimate of drug-likeness (QED) is 0.684. The second kappa shape index (κ2) is 7.75. The highest BCUT2D eigenvalue weighted by molar-refractivity contribution is 7.12. The predicted molar refractivity (Wildman–Crippen MR) is 104 cm³/mol. The van der Waals surface area contributed by atoms with E-state index in [-0.39, 0.29) is 11.8 Å².